The summed E-state index contributed by atoms with van der Waals surface area (Å²) in [6, 6.07) is 13.9. The molecule has 0 saturated carbocycles. The number of tetrazole rings is 1. The molecule has 1 N–H and O–H groups in total. The predicted molar refractivity (Wildman–Crippen MR) is 98.9 cm³/mol. The van der Waals surface area contributed by atoms with Crippen LogP contribution in [0, 0.1) is 0 Å². The molecule has 144 valence electrons. The second kappa shape index (κ2) is 8.76. The Balaban J connectivity index is 1.56. The predicted octanol–water partition coefficient (Wildman–Crippen LogP) is 1.53. The van der Waals surface area contributed by atoms with Crippen LogP contribution < -0.4 is 10.1 Å². The van der Waals surface area contributed by atoms with Gasteiger partial charge in [-0.3, -0.25) is 4.79 Å². The lowest BCUT2D eigenvalue weighted by Gasteiger charge is -2.14. The minimum Gasteiger partial charge on any atom is -0.497 e. The molecule has 1 atom stereocenters. The van der Waals surface area contributed by atoms with Crippen LogP contribution in [0.5, 0.6) is 5.75 Å². The number of esters is 1. The SMILES string of the molecule is COc1ccc(CNC(=O)[C@H](C)OC(=O)c2cccc(-n3cnnn3)c2)cc1. The molecule has 0 bridgehead atoms. The summed E-state index contributed by atoms with van der Waals surface area (Å²) < 4.78 is 11.8. The average Bonchev–Trinajstić information content (AvgIpc) is 3.27. The van der Waals surface area contributed by atoms with E-state index in [0.717, 1.165) is 11.3 Å². The number of ether oxygens (including phenoxy) is 2. The molecule has 9 heteroatoms. The molecule has 0 spiro atoms. The van der Waals surface area contributed by atoms with Crippen LogP contribution in [-0.4, -0.2) is 45.3 Å². The summed E-state index contributed by atoms with van der Waals surface area (Å²) in [5, 5.41) is 13.6. The van der Waals surface area contributed by atoms with Crippen LogP contribution in [-0.2, 0) is 16.1 Å². The third kappa shape index (κ3) is 4.70. The third-order valence-corrected chi connectivity index (χ3v) is 3.97. The zero-order valence-corrected chi connectivity index (χ0v) is 15.4. The van der Waals surface area contributed by atoms with Gasteiger partial charge in [0, 0.05) is 6.54 Å². The fraction of sp³-hybridized carbons (Fsp3) is 0.211. The number of methoxy groups -OCH3 is 1. The van der Waals surface area contributed by atoms with E-state index in [1.165, 1.54) is 17.9 Å². The van der Waals surface area contributed by atoms with Crippen LogP contribution in [0.25, 0.3) is 5.69 Å². The number of amides is 1. The summed E-state index contributed by atoms with van der Waals surface area (Å²) in [5.41, 5.74) is 1.81. The van der Waals surface area contributed by atoms with Crippen molar-refractivity contribution in [3.8, 4) is 11.4 Å². The van der Waals surface area contributed by atoms with E-state index in [4.69, 9.17) is 9.47 Å². The number of carbonyl (C=O) groups is 2. The summed E-state index contributed by atoms with van der Waals surface area (Å²) in [4.78, 5) is 24.6. The number of benzene rings is 2. The number of rotatable bonds is 7. The highest BCUT2D eigenvalue weighted by Crippen LogP contribution is 2.12. The number of aromatic nitrogens is 4. The van der Waals surface area contributed by atoms with E-state index >= 15 is 0 Å². The van der Waals surface area contributed by atoms with Gasteiger partial charge in [-0.2, -0.15) is 0 Å². The third-order valence-electron chi connectivity index (χ3n) is 3.97. The Morgan fingerprint density at radius 3 is 2.64 bits per heavy atom. The lowest BCUT2D eigenvalue weighted by atomic mass is 10.2. The van der Waals surface area contributed by atoms with Crippen LogP contribution in [0.15, 0.2) is 54.9 Å². The zero-order valence-electron chi connectivity index (χ0n) is 15.4. The van der Waals surface area contributed by atoms with Crippen molar-refractivity contribution < 1.29 is 19.1 Å². The summed E-state index contributed by atoms with van der Waals surface area (Å²) >= 11 is 0. The van der Waals surface area contributed by atoms with Crippen LogP contribution in [0.3, 0.4) is 0 Å². The van der Waals surface area contributed by atoms with Gasteiger partial charge in [-0.05, 0) is 53.2 Å². The highest BCUT2D eigenvalue weighted by atomic mass is 16.5. The molecule has 2 aromatic carbocycles. The fourth-order valence-electron chi connectivity index (χ4n) is 2.41. The largest absolute Gasteiger partial charge is 0.497 e. The van der Waals surface area contributed by atoms with E-state index in [1.54, 1.807) is 31.4 Å². The molecular weight excluding hydrogens is 362 g/mol. The van der Waals surface area contributed by atoms with Gasteiger partial charge < -0.3 is 14.8 Å². The maximum Gasteiger partial charge on any atom is 0.338 e. The normalized spacial score (nSPS) is 11.5. The van der Waals surface area contributed by atoms with Gasteiger partial charge in [-0.15, -0.1) is 5.10 Å². The number of hydrogen-bond acceptors (Lipinski definition) is 7. The number of hydrogen-bond donors (Lipinski definition) is 1. The second-order valence-corrected chi connectivity index (χ2v) is 5.92. The highest BCUT2D eigenvalue weighted by molar-refractivity contribution is 5.92. The van der Waals surface area contributed by atoms with Crippen molar-refractivity contribution in [1.82, 2.24) is 25.5 Å². The number of carbonyl (C=O) groups excluding carboxylic acids is 2. The van der Waals surface area contributed by atoms with Crippen molar-refractivity contribution in [1.29, 1.82) is 0 Å². The number of nitrogens with one attached hydrogen (secondary N) is 1. The molecule has 3 rings (SSSR count). The second-order valence-electron chi connectivity index (χ2n) is 5.92. The molecular formula is C19H19N5O4. The van der Waals surface area contributed by atoms with E-state index < -0.39 is 12.1 Å². The highest BCUT2D eigenvalue weighted by Gasteiger charge is 2.19. The van der Waals surface area contributed by atoms with Gasteiger partial charge in [0.1, 0.15) is 12.1 Å². The Kier molecular flexibility index (Phi) is 5.95. The average molecular weight is 381 g/mol. The summed E-state index contributed by atoms with van der Waals surface area (Å²) in [5.74, 6) is -0.260. The number of nitrogens with zero attached hydrogens (tertiary/aromatic N) is 4. The molecule has 0 unspecified atom stereocenters. The van der Waals surface area contributed by atoms with Crippen molar-refractivity contribution in [3.63, 3.8) is 0 Å². The Morgan fingerprint density at radius 1 is 1.18 bits per heavy atom. The van der Waals surface area contributed by atoms with Gasteiger partial charge in [0.05, 0.1) is 18.4 Å². The van der Waals surface area contributed by atoms with Gasteiger partial charge in [0.25, 0.3) is 5.91 Å². The van der Waals surface area contributed by atoms with Gasteiger partial charge in [-0.1, -0.05) is 18.2 Å². The molecule has 28 heavy (non-hydrogen) atoms. The van der Waals surface area contributed by atoms with Crippen molar-refractivity contribution in [2.45, 2.75) is 19.6 Å². The molecule has 0 aliphatic carbocycles. The first kappa shape index (κ1) is 19.0. The van der Waals surface area contributed by atoms with Crippen LogP contribution in [0.2, 0.25) is 0 Å². The van der Waals surface area contributed by atoms with E-state index in [0.29, 0.717) is 17.8 Å². The first-order chi connectivity index (χ1) is 13.6. The maximum atomic E-state index is 12.3. The molecule has 1 amide bonds. The van der Waals surface area contributed by atoms with E-state index in [2.05, 4.69) is 20.8 Å². The molecule has 1 heterocycles. The molecule has 0 aliphatic heterocycles. The van der Waals surface area contributed by atoms with Gasteiger partial charge in [0.15, 0.2) is 6.10 Å². The summed E-state index contributed by atoms with van der Waals surface area (Å²) in [6.07, 6.45) is 0.474. The minimum absolute atomic E-state index is 0.294. The minimum atomic E-state index is -0.942. The van der Waals surface area contributed by atoms with E-state index in [-0.39, 0.29) is 5.91 Å². The quantitative estimate of drug-likeness (QED) is 0.618. The Hall–Kier alpha value is -3.75. The van der Waals surface area contributed by atoms with Crippen molar-refractivity contribution in [2.24, 2.45) is 0 Å². The van der Waals surface area contributed by atoms with Crippen molar-refractivity contribution >= 4 is 11.9 Å². The van der Waals surface area contributed by atoms with Crippen LogP contribution >= 0.6 is 0 Å². The zero-order chi connectivity index (χ0) is 19.9. The maximum absolute atomic E-state index is 12.3. The van der Waals surface area contributed by atoms with E-state index in [9.17, 15) is 9.59 Å². The molecule has 1 aromatic heterocycles. The van der Waals surface area contributed by atoms with Gasteiger partial charge in [0.2, 0.25) is 0 Å². The van der Waals surface area contributed by atoms with Crippen molar-refractivity contribution in [2.75, 3.05) is 7.11 Å². The molecule has 3 aromatic rings. The lowest BCUT2D eigenvalue weighted by molar-refractivity contribution is -0.129. The molecule has 9 nitrogen and oxygen atoms in total. The molecule has 0 aliphatic rings. The van der Waals surface area contributed by atoms with Crippen LogP contribution in [0.1, 0.15) is 22.8 Å². The molecule has 0 radical (unpaired) electrons. The van der Waals surface area contributed by atoms with E-state index in [1.807, 2.05) is 24.3 Å². The monoisotopic (exact) mass is 381 g/mol. The Morgan fingerprint density at radius 2 is 1.96 bits per heavy atom. The first-order valence-electron chi connectivity index (χ1n) is 8.52. The van der Waals surface area contributed by atoms with Crippen molar-refractivity contribution in [3.05, 3.63) is 66.0 Å². The summed E-state index contributed by atoms with van der Waals surface area (Å²) in [7, 11) is 1.59. The Bertz CT molecular complexity index is 941. The summed E-state index contributed by atoms with van der Waals surface area (Å²) in [6.45, 7) is 1.84. The standard InChI is InChI=1S/C19H19N5O4/c1-13(18(25)20-11-14-6-8-17(27-2)9-7-14)28-19(26)15-4-3-5-16(10-15)24-12-21-22-23-24/h3-10,12-13H,11H2,1-2H3,(H,20,25)/t13-/m0/s1. The molecule has 0 fully saturated rings. The Labute approximate surface area is 161 Å². The topological polar surface area (TPSA) is 108 Å². The smallest absolute Gasteiger partial charge is 0.338 e. The lowest BCUT2D eigenvalue weighted by Crippen LogP contribution is -2.35. The van der Waals surface area contributed by atoms with Crippen LogP contribution in [0.4, 0.5) is 0 Å². The van der Waals surface area contributed by atoms with Gasteiger partial charge in [-0.25, -0.2) is 9.48 Å². The fourth-order valence-corrected chi connectivity index (χ4v) is 2.41. The molecule has 0 saturated heterocycles. The van der Waals surface area contributed by atoms with Gasteiger partial charge >= 0.3 is 5.97 Å². The first-order valence-corrected chi connectivity index (χ1v) is 8.52.